The lowest BCUT2D eigenvalue weighted by Crippen LogP contribution is -2.01. The van der Waals surface area contributed by atoms with E-state index in [4.69, 9.17) is 9.73 Å². The summed E-state index contributed by atoms with van der Waals surface area (Å²) in [7, 11) is 0. The fraction of sp³-hybridized carbons (Fsp3) is 0.588. The Morgan fingerprint density at radius 2 is 1.79 bits per heavy atom. The number of ether oxygens (including phenoxy) is 1. The maximum absolute atomic E-state index is 5.41. The summed E-state index contributed by atoms with van der Waals surface area (Å²) in [5, 5.41) is 0. The van der Waals surface area contributed by atoms with Crippen molar-refractivity contribution in [3.05, 3.63) is 29.3 Å². The molecule has 1 atom stereocenters. The Labute approximate surface area is 116 Å². The molecule has 0 saturated carbocycles. The summed E-state index contributed by atoms with van der Waals surface area (Å²) >= 11 is 0. The van der Waals surface area contributed by atoms with Crippen molar-refractivity contribution in [3.63, 3.8) is 0 Å². The van der Waals surface area contributed by atoms with Crippen LogP contribution in [0.25, 0.3) is 0 Å². The third-order valence-corrected chi connectivity index (χ3v) is 3.72. The smallest absolute Gasteiger partial charge is 0.0694 e. The molecule has 0 spiro atoms. The van der Waals surface area contributed by atoms with Crippen LogP contribution >= 0.6 is 0 Å². The monoisotopic (exact) mass is 259 g/mol. The molecule has 0 bridgehead atoms. The molecule has 1 fully saturated rings. The summed E-state index contributed by atoms with van der Waals surface area (Å²) in [6.45, 7) is 10.6. The molecule has 1 aromatic rings. The van der Waals surface area contributed by atoms with Gasteiger partial charge in [0.2, 0.25) is 0 Å². The third-order valence-electron chi connectivity index (χ3n) is 3.72. The standard InChI is InChI=1S/C17H25NO/c1-12(2)15-6-5-7-16(13(3)4)17(15)18-10-14-8-9-19-11-14/h5-7,10,12-14H,8-9,11H2,1-4H3. The van der Waals surface area contributed by atoms with Crippen LogP contribution in [0.1, 0.15) is 57.1 Å². The van der Waals surface area contributed by atoms with Crippen molar-refractivity contribution in [2.45, 2.75) is 46.0 Å². The van der Waals surface area contributed by atoms with Crippen LogP contribution in [0.3, 0.4) is 0 Å². The number of rotatable bonds is 4. The van der Waals surface area contributed by atoms with E-state index in [9.17, 15) is 0 Å². The normalized spacial score (nSPS) is 20.0. The molecule has 0 amide bonds. The summed E-state index contributed by atoms with van der Waals surface area (Å²) in [6, 6.07) is 6.56. The highest BCUT2D eigenvalue weighted by atomic mass is 16.5. The Kier molecular flexibility index (Phi) is 4.76. The van der Waals surface area contributed by atoms with Gasteiger partial charge in [0.25, 0.3) is 0 Å². The van der Waals surface area contributed by atoms with Gasteiger partial charge in [-0.1, -0.05) is 45.9 Å². The van der Waals surface area contributed by atoms with Crippen molar-refractivity contribution in [2.24, 2.45) is 10.9 Å². The number of hydrogen-bond acceptors (Lipinski definition) is 2. The Morgan fingerprint density at radius 3 is 2.26 bits per heavy atom. The van der Waals surface area contributed by atoms with Crippen LogP contribution in [-0.4, -0.2) is 19.4 Å². The van der Waals surface area contributed by atoms with Gasteiger partial charge in [-0.05, 0) is 29.4 Å². The number of nitrogens with zero attached hydrogens (tertiary/aromatic N) is 1. The topological polar surface area (TPSA) is 21.6 Å². The van der Waals surface area contributed by atoms with Crippen molar-refractivity contribution < 1.29 is 4.74 Å². The molecule has 2 heteroatoms. The minimum absolute atomic E-state index is 0.486. The quantitative estimate of drug-likeness (QED) is 0.720. The molecule has 2 rings (SSSR count). The second kappa shape index (κ2) is 6.33. The lowest BCUT2D eigenvalue weighted by Gasteiger charge is -2.16. The van der Waals surface area contributed by atoms with Gasteiger partial charge >= 0.3 is 0 Å². The Hall–Kier alpha value is -1.15. The minimum Gasteiger partial charge on any atom is -0.381 e. The lowest BCUT2D eigenvalue weighted by atomic mass is 9.93. The Balaban J connectivity index is 2.34. The first-order chi connectivity index (χ1) is 9.09. The van der Waals surface area contributed by atoms with Crippen molar-refractivity contribution in [1.29, 1.82) is 0 Å². The highest BCUT2D eigenvalue weighted by molar-refractivity contribution is 5.70. The van der Waals surface area contributed by atoms with E-state index >= 15 is 0 Å². The SMILES string of the molecule is CC(C)c1cccc(C(C)C)c1N=CC1CCOC1. The van der Waals surface area contributed by atoms with Crippen LogP contribution in [0.15, 0.2) is 23.2 Å². The highest BCUT2D eigenvalue weighted by Gasteiger charge is 2.15. The van der Waals surface area contributed by atoms with Crippen LogP contribution in [0.4, 0.5) is 5.69 Å². The Bertz CT molecular complexity index is 416. The fourth-order valence-electron chi connectivity index (χ4n) is 2.51. The zero-order chi connectivity index (χ0) is 13.8. The number of benzene rings is 1. The largest absolute Gasteiger partial charge is 0.381 e. The molecular weight excluding hydrogens is 234 g/mol. The predicted octanol–water partition coefficient (Wildman–Crippen LogP) is 4.67. The van der Waals surface area contributed by atoms with Crippen LogP contribution < -0.4 is 0 Å². The lowest BCUT2D eigenvalue weighted by molar-refractivity contribution is 0.193. The second-order valence-electron chi connectivity index (χ2n) is 6.00. The van der Waals surface area contributed by atoms with Gasteiger partial charge in [0, 0.05) is 18.7 Å². The van der Waals surface area contributed by atoms with Crippen molar-refractivity contribution in [2.75, 3.05) is 13.2 Å². The average molecular weight is 259 g/mol. The molecule has 1 aliphatic rings. The van der Waals surface area contributed by atoms with Crippen molar-refractivity contribution in [1.82, 2.24) is 0 Å². The first kappa shape index (κ1) is 14.3. The van der Waals surface area contributed by atoms with Gasteiger partial charge in [0.15, 0.2) is 0 Å². The van der Waals surface area contributed by atoms with Gasteiger partial charge in [0.1, 0.15) is 0 Å². The zero-order valence-corrected chi connectivity index (χ0v) is 12.5. The summed E-state index contributed by atoms with van der Waals surface area (Å²) in [4.78, 5) is 4.83. The van der Waals surface area contributed by atoms with E-state index in [1.807, 2.05) is 0 Å². The average Bonchev–Trinajstić information content (AvgIpc) is 2.88. The van der Waals surface area contributed by atoms with E-state index in [0.29, 0.717) is 17.8 Å². The molecule has 2 nitrogen and oxygen atoms in total. The van der Waals surface area contributed by atoms with Gasteiger partial charge < -0.3 is 4.74 Å². The number of hydrogen-bond donors (Lipinski definition) is 0. The second-order valence-corrected chi connectivity index (χ2v) is 6.00. The summed E-state index contributed by atoms with van der Waals surface area (Å²) in [5.41, 5.74) is 3.88. The van der Waals surface area contributed by atoms with E-state index in [0.717, 1.165) is 19.6 Å². The molecule has 1 heterocycles. The summed E-state index contributed by atoms with van der Waals surface area (Å²) < 4.78 is 5.41. The summed E-state index contributed by atoms with van der Waals surface area (Å²) in [6.07, 6.45) is 3.20. The van der Waals surface area contributed by atoms with Gasteiger partial charge in [-0.15, -0.1) is 0 Å². The number of para-hydroxylation sites is 1. The van der Waals surface area contributed by atoms with E-state index in [1.165, 1.54) is 16.8 Å². The van der Waals surface area contributed by atoms with Crippen LogP contribution in [0, 0.1) is 5.92 Å². The van der Waals surface area contributed by atoms with Crippen molar-refractivity contribution >= 4 is 11.9 Å². The third kappa shape index (κ3) is 3.44. The first-order valence-corrected chi connectivity index (χ1v) is 7.34. The highest BCUT2D eigenvalue weighted by Crippen LogP contribution is 2.34. The molecule has 0 N–H and O–H groups in total. The maximum atomic E-state index is 5.41. The molecule has 0 aromatic heterocycles. The predicted molar refractivity (Wildman–Crippen MR) is 81.7 cm³/mol. The van der Waals surface area contributed by atoms with Crippen LogP contribution in [-0.2, 0) is 4.74 Å². The Morgan fingerprint density at radius 1 is 1.16 bits per heavy atom. The molecule has 1 aromatic carbocycles. The van der Waals surface area contributed by atoms with E-state index in [1.54, 1.807) is 0 Å². The van der Waals surface area contributed by atoms with Crippen molar-refractivity contribution in [3.8, 4) is 0 Å². The number of aliphatic imine (C=N–C) groups is 1. The molecule has 1 saturated heterocycles. The van der Waals surface area contributed by atoms with Gasteiger partial charge in [0.05, 0.1) is 12.3 Å². The molecule has 1 unspecified atom stereocenters. The fourth-order valence-corrected chi connectivity index (χ4v) is 2.51. The molecule has 0 radical (unpaired) electrons. The van der Waals surface area contributed by atoms with Gasteiger partial charge in [-0.25, -0.2) is 0 Å². The first-order valence-electron chi connectivity index (χ1n) is 7.34. The molecule has 1 aliphatic heterocycles. The molecule has 104 valence electrons. The van der Waals surface area contributed by atoms with E-state index < -0.39 is 0 Å². The van der Waals surface area contributed by atoms with E-state index in [-0.39, 0.29) is 0 Å². The molecular formula is C17H25NO. The minimum atomic E-state index is 0.486. The molecule has 19 heavy (non-hydrogen) atoms. The van der Waals surface area contributed by atoms with Gasteiger partial charge in [-0.2, -0.15) is 0 Å². The maximum Gasteiger partial charge on any atom is 0.0694 e. The molecule has 0 aliphatic carbocycles. The summed E-state index contributed by atoms with van der Waals surface area (Å²) in [5.74, 6) is 1.50. The van der Waals surface area contributed by atoms with Crippen LogP contribution in [0.2, 0.25) is 0 Å². The van der Waals surface area contributed by atoms with Crippen LogP contribution in [0.5, 0.6) is 0 Å². The van der Waals surface area contributed by atoms with E-state index in [2.05, 4.69) is 52.1 Å². The zero-order valence-electron chi connectivity index (χ0n) is 12.5. The van der Waals surface area contributed by atoms with Gasteiger partial charge in [-0.3, -0.25) is 4.99 Å².